The number of carbonyl (C=O) groups excluding carboxylic acids is 2. The molecule has 8 nitrogen and oxygen atoms in total. The minimum Gasteiger partial charge on any atom is -0.373 e. The molecule has 2 N–H and O–H groups in total. The number of likely N-dealkylation sites (N-methyl/N-ethyl adjacent to an activating group) is 1. The monoisotopic (exact) mass is 465 g/mol. The van der Waals surface area contributed by atoms with Crippen LogP contribution in [0.1, 0.15) is 39.9 Å². The summed E-state index contributed by atoms with van der Waals surface area (Å²) < 4.78 is 7.69. The van der Waals surface area contributed by atoms with Gasteiger partial charge >= 0.3 is 0 Å². The van der Waals surface area contributed by atoms with E-state index in [0.29, 0.717) is 39.7 Å². The molecule has 33 heavy (non-hydrogen) atoms. The molecule has 0 spiro atoms. The summed E-state index contributed by atoms with van der Waals surface area (Å²) in [6, 6.07) is 5.39. The molecule has 0 saturated carbocycles. The van der Waals surface area contributed by atoms with Gasteiger partial charge in [0.25, 0.3) is 11.8 Å². The minimum atomic E-state index is -0.268. The summed E-state index contributed by atoms with van der Waals surface area (Å²) in [5.74, 6) is -0.420. The first-order valence-electron chi connectivity index (χ1n) is 10.7. The van der Waals surface area contributed by atoms with Gasteiger partial charge in [0.05, 0.1) is 52.5 Å². The van der Waals surface area contributed by atoms with Gasteiger partial charge in [-0.05, 0) is 43.7 Å². The smallest absolute Gasteiger partial charge is 0.256 e. The Labute approximate surface area is 196 Å². The Hall–Kier alpha value is -3.36. The van der Waals surface area contributed by atoms with E-state index >= 15 is 0 Å². The van der Waals surface area contributed by atoms with Gasteiger partial charge in [-0.25, -0.2) is 0 Å². The van der Waals surface area contributed by atoms with Crippen molar-refractivity contribution in [3.63, 3.8) is 0 Å². The van der Waals surface area contributed by atoms with Crippen molar-refractivity contribution >= 4 is 40.8 Å². The fourth-order valence-corrected chi connectivity index (χ4v) is 4.57. The molecule has 0 fully saturated rings. The quantitative estimate of drug-likeness (QED) is 0.527. The number of benzene rings is 1. The number of hydrogen-bond donors (Lipinski definition) is 2. The summed E-state index contributed by atoms with van der Waals surface area (Å²) in [5.41, 5.74) is 6.06. The molecule has 9 heteroatoms. The van der Waals surface area contributed by atoms with Crippen LogP contribution in [0.25, 0.3) is 22.8 Å². The summed E-state index contributed by atoms with van der Waals surface area (Å²) in [4.78, 5) is 31.1. The van der Waals surface area contributed by atoms with E-state index in [-0.39, 0.29) is 24.5 Å². The van der Waals surface area contributed by atoms with Crippen molar-refractivity contribution < 1.29 is 14.3 Å². The molecule has 4 heterocycles. The Balaban J connectivity index is 1.75. The number of fused-ring (bicyclic) bond motifs is 4. The number of nitrogens with one attached hydrogen (secondary N) is 2. The Kier molecular flexibility index (Phi) is 5.14. The summed E-state index contributed by atoms with van der Waals surface area (Å²) >= 11 is 6.59. The van der Waals surface area contributed by atoms with Crippen molar-refractivity contribution in [2.75, 3.05) is 19.0 Å². The highest BCUT2D eigenvalue weighted by molar-refractivity contribution is 6.41. The van der Waals surface area contributed by atoms with E-state index in [0.717, 1.165) is 22.5 Å². The van der Waals surface area contributed by atoms with Crippen LogP contribution in [0.4, 0.5) is 5.69 Å². The molecular formula is C24H24ClN5O3. The maximum absolute atomic E-state index is 13.3. The van der Waals surface area contributed by atoms with Crippen molar-refractivity contribution in [3.8, 4) is 11.1 Å². The van der Waals surface area contributed by atoms with Crippen LogP contribution in [-0.4, -0.2) is 51.2 Å². The zero-order chi connectivity index (χ0) is 23.4. The standard InChI is InChI=1S/C24H24ClN5O3/c1-12-5-17-20(26-12)8-16-15-6-14(7-19(25)22(15)27-23(16)31)18-9-29(3)28-21(18)11-33-10-13(2)30(4)24(17)32/h5-9,13,26H,10-11H2,1-4H3,(H,27,31)/b16-8-/t13-/m1/s1. The van der Waals surface area contributed by atoms with E-state index in [1.807, 2.05) is 39.2 Å². The van der Waals surface area contributed by atoms with Gasteiger partial charge in [-0.1, -0.05) is 11.6 Å². The predicted octanol–water partition coefficient (Wildman–Crippen LogP) is 3.86. The number of aromatic nitrogens is 3. The fraction of sp³-hybridized carbons (Fsp3) is 0.292. The molecule has 0 radical (unpaired) electrons. The average Bonchev–Trinajstić information content (AvgIpc) is 3.42. The van der Waals surface area contributed by atoms with Gasteiger partial charge in [0.1, 0.15) is 0 Å². The van der Waals surface area contributed by atoms with Gasteiger partial charge in [0, 0.05) is 37.1 Å². The van der Waals surface area contributed by atoms with Crippen LogP contribution < -0.4 is 5.32 Å². The van der Waals surface area contributed by atoms with Crippen LogP contribution in [0.3, 0.4) is 0 Å². The predicted molar refractivity (Wildman–Crippen MR) is 127 cm³/mol. The van der Waals surface area contributed by atoms with E-state index in [1.54, 1.807) is 28.8 Å². The van der Waals surface area contributed by atoms with E-state index < -0.39 is 0 Å². The molecule has 0 aliphatic carbocycles. The third-order valence-corrected chi connectivity index (χ3v) is 6.46. The number of H-pyrrole nitrogens is 1. The van der Waals surface area contributed by atoms with Crippen molar-refractivity contribution in [1.29, 1.82) is 0 Å². The largest absolute Gasteiger partial charge is 0.373 e. The number of carbonyl (C=O) groups is 2. The van der Waals surface area contributed by atoms with Crippen molar-refractivity contribution in [3.05, 3.63) is 57.6 Å². The molecule has 2 aliphatic heterocycles. The highest BCUT2D eigenvalue weighted by Gasteiger charge is 2.30. The van der Waals surface area contributed by atoms with Crippen LogP contribution in [0.15, 0.2) is 24.4 Å². The molecule has 0 unspecified atom stereocenters. The third kappa shape index (κ3) is 3.65. The lowest BCUT2D eigenvalue weighted by Gasteiger charge is -2.25. The van der Waals surface area contributed by atoms with Gasteiger partial charge in [-0.2, -0.15) is 5.10 Å². The molecule has 2 aliphatic rings. The van der Waals surface area contributed by atoms with E-state index in [4.69, 9.17) is 16.3 Å². The molecule has 1 aromatic carbocycles. The molecule has 0 saturated heterocycles. The number of amides is 2. The Morgan fingerprint density at radius 2 is 1.94 bits per heavy atom. The van der Waals surface area contributed by atoms with Crippen molar-refractivity contribution in [2.24, 2.45) is 7.05 Å². The van der Waals surface area contributed by atoms with Crippen molar-refractivity contribution in [1.82, 2.24) is 19.7 Å². The summed E-state index contributed by atoms with van der Waals surface area (Å²) in [6.07, 6.45) is 3.63. The second-order valence-electron chi connectivity index (χ2n) is 8.62. The SMILES string of the molecule is Cc1cc2c([nH]1)/C=C1\C(=O)Nc3c(Cl)cc(cc31)-c1cn(C)nc1COC[C@@H](C)N(C)C2=O. The third-order valence-electron chi connectivity index (χ3n) is 6.16. The van der Waals surface area contributed by atoms with Crippen molar-refractivity contribution in [2.45, 2.75) is 26.5 Å². The Morgan fingerprint density at radius 3 is 2.73 bits per heavy atom. The Bertz CT molecular complexity index is 1340. The first-order valence-corrected chi connectivity index (χ1v) is 11.0. The lowest BCUT2D eigenvalue weighted by Crippen LogP contribution is -2.38. The highest BCUT2D eigenvalue weighted by atomic mass is 35.5. The summed E-state index contributed by atoms with van der Waals surface area (Å²) in [7, 11) is 3.60. The van der Waals surface area contributed by atoms with Crippen LogP contribution in [0.2, 0.25) is 5.02 Å². The van der Waals surface area contributed by atoms with E-state index in [9.17, 15) is 9.59 Å². The minimum absolute atomic E-state index is 0.152. The Morgan fingerprint density at radius 1 is 1.15 bits per heavy atom. The van der Waals surface area contributed by atoms with Gasteiger partial charge < -0.3 is 19.9 Å². The highest BCUT2D eigenvalue weighted by Crippen LogP contribution is 2.42. The molecular weight excluding hydrogens is 442 g/mol. The molecule has 2 bridgehead atoms. The lowest BCUT2D eigenvalue weighted by molar-refractivity contribution is -0.110. The number of aromatic amines is 1. The summed E-state index contributed by atoms with van der Waals surface area (Å²) in [5, 5.41) is 7.85. The van der Waals surface area contributed by atoms with Gasteiger partial charge in [0.15, 0.2) is 0 Å². The number of nitrogens with zero attached hydrogens (tertiary/aromatic N) is 3. The molecule has 2 amide bonds. The lowest BCUT2D eigenvalue weighted by atomic mass is 9.98. The normalized spacial score (nSPS) is 19.8. The molecule has 2 aromatic heterocycles. The van der Waals surface area contributed by atoms with E-state index in [2.05, 4.69) is 15.4 Å². The van der Waals surface area contributed by atoms with Crippen LogP contribution in [0.5, 0.6) is 0 Å². The molecule has 1 atom stereocenters. The van der Waals surface area contributed by atoms with Crippen LogP contribution >= 0.6 is 11.6 Å². The molecule has 5 rings (SSSR count). The zero-order valence-corrected chi connectivity index (χ0v) is 19.6. The number of anilines is 1. The fourth-order valence-electron chi connectivity index (χ4n) is 4.30. The van der Waals surface area contributed by atoms with Gasteiger partial charge in [0.2, 0.25) is 0 Å². The second kappa shape index (κ2) is 7.90. The van der Waals surface area contributed by atoms with E-state index in [1.165, 1.54) is 0 Å². The number of halogens is 1. The zero-order valence-electron chi connectivity index (χ0n) is 18.8. The second-order valence-corrected chi connectivity index (χ2v) is 9.02. The first-order chi connectivity index (χ1) is 15.7. The molecule has 3 aromatic rings. The van der Waals surface area contributed by atoms with Crippen LogP contribution in [-0.2, 0) is 23.2 Å². The van der Waals surface area contributed by atoms with Gasteiger partial charge in [-0.3, -0.25) is 14.3 Å². The maximum Gasteiger partial charge on any atom is 0.256 e. The number of rotatable bonds is 0. The maximum atomic E-state index is 13.3. The first kappa shape index (κ1) is 21.5. The van der Waals surface area contributed by atoms with Crippen LogP contribution in [0, 0.1) is 6.92 Å². The number of aryl methyl sites for hydroxylation is 2. The average molecular weight is 466 g/mol. The topological polar surface area (TPSA) is 92.2 Å². The number of hydrogen-bond acceptors (Lipinski definition) is 4. The molecule has 170 valence electrons. The summed E-state index contributed by atoms with van der Waals surface area (Å²) in [6.45, 7) is 4.45. The number of ether oxygens (including phenoxy) is 1. The van der Waals surface area contributed by atoms with Gasteiger partial charge in [-0.15, -0.1) is 0 Å².